The van der Waals surface area contributed by atoms with Crippen molar-refractivity contribution in [2.24, 2.45) is 0 Å². The van der Waals surface area contributed by atoms with E-state index in [0.717, 1.165) is 18.8 Å². The van der Waals surface area contributed by atoms with Crippen LogP contribution in [0.2, 0.25) is 0 Å². The molecule has 1 fully saturated rings. The Hall–Kier alpha value is -1.75. The summed E-state index contributed by atoms with van der Waals surface area (Å²) in [4.78, 5) is 14.0. The Kier molecular flexibility index (Phi) is 4.84. The topological polar surface area (TPSA) is 67.6 Å². The molecule has 5 heteroatoms. The summed E-state index contributed by atoms with van der Waals surface area (Å²) in [7, 11) is 2.15. The number of likely N-dealkylation sites (N-methyl/N-ethyl adjacent to an activating group) is 1. The fraction of sp³-hybridized carbons (Fsp3) is 0.533. The van der Waals surface area contributed by atoms with Crippen molar-refractivity contribution in [2.75, 3.05) is 37.8 Å². The van der Waals surface area contributed by atoms with Gasteiger partial charge in [-0.3, -0.25) is 0 Å². The van der Waals surface area contributed by atoms with E-state index in [0.29, 0.717) is 23.9 Å². The Morgan fingerprint density at radius 1 is 1.55 bits per heavy atom. The highest BCUT2D eigenvalue weighted by atomic mass is 16.5. The van der Waals surface area contributed by atoms with Gasteiger partial charge in [-0.15, -0.1) is 0 Å². The molecule has 1 aromatic carbocycles. The summed E-state index contributed by atoms with van der Waals surface area (Å²) in [6, 6.07) is 5.81. The van der Waals surface area contributed by atoms with Crippen LogP contribution in [-0.2, 0) is 4.74 Å². The summed E-state index contributed by atoms with van der Waals surface area (Å²) in [5.74, 6) is -0.332. The second-order valence-electron chi connectivity index (χ2n) is 5.18. The van der Waals surface area contributed by atoms with Crippen molar-refractivity contribution in [1.29, 1.82) is 0 Å². The molecule has 1 heterocycles. The van der Waals surface area contributed by atoms with Crippen LogP contribution in [0, 0.1) is 0 Å². The minimum absolute atomic E-state index is 0.332. The van der Waals surface area contributed by atoms with Gasteiger partial charge >= 0.3 is 5.97 Å². The van der Waals surface area contributed by atoms with Crippen LogP contribution in [-0.4, -0.2) is 43.7 Å². The van der Waals surface area contributed by atoms with Gasteiger partial charge in [0.1, 0.15) is 0 Å². The number of nitrogens with two attached hydrogens (primary N) is 1. The number of nitrogens with one attached hydrogen (secondary N) is 1. The van der Waals surface area contributed by atoms with Crippen LogP contribution < -0.4 is 11.1 Å². The number of hydrogen-bond acceptors (Lipinski definition) is 5. The molecule has 1 aliphatic rings. The van der Waals surface area contributed by atoms with Crippen molar-refractivity contribution in [3.8, 4) is 0 Å². The van der Waals surface area contributed by atoms with Crippen LogP contribution in [0.25, 0.3) is 0 Å². The first-order valence-corrected chi connectivity index (χ1v) is 7.12. The molecule has 1 aliphatic heterocycles. The monoisotopic (exact) mass is 277 g/mol. The molecule has 110 valence electrons. The molecule has 1 unspecified atom stereocenters. The summed E-state index contributed by atoms with van der Waals surface area (Å²) in [6.45, 7) is 4.19. The summed E-state index contributed by atoms with van der Waals surface area (Å²) in [6.07, 6.45) is 2.46. The van der Waals surface area contributed by atoms with E-state index in [1.807, 2.05) is 6.07 Å². The van der Waals surface area contributed by atoms with E-state index in [9.17, 15) is 4.79 Å². The second-order valence-corrected chi connectivity index (χ2v) is 5.18. The van der Waals surface area contributed by atoms with Gasteiger partial charge in [-0.1, -0.05) is 0 Å². The van der Waals surface area contributed by atoms with Gasteiger partial charge in [0.2, 0.25) is 0 Å². The molecule has 0 radical (unpaired) electrons. The average molecular weight is 277 g/mol. The highest BCUT2D eigenvalue weighted by Crippen LogP contribution is 2.22. The molecule has 0 amide bonds. The van der Waals surface area contributed by atoms with Gasteiger partial charge in [0, 0.05) is 12.6 Å². The number of carbonyl (C=O) groups is 1. The number of esters is 1. The zero-order valence-corrected chi connectivity index (χ0v) is 12.2. The van der Waals surface area contributed by atoms with Gasteiger partial charge in [-0.2, -0.15) is 0 Å². The standard InChI is InChI=1S/C15H23N3O2/c1-3-20-15(19)11-6-7-14(13(16)9-11)17-10-12-5-4-8-18(12)2/h6-7,9,12,17H,3-5,8,10,16H2,1-2H3. The zero-order chi connectivity index (χ0) is 14.5. The predicted molar refractivity (Wildman–Crippen MR) is 81.0 cm³/mol. The van der Waals surface area contributed by atoms with Crippen LogP contribution in [0.15, 0.2) is 18.2 Å². The first-order valence-electron chi connectivity index (χ1n) is 7.12. The molecular formula is C15H23N3O2. The van der Waals surface area contributed by atoms with Crippen molar-refractivity contribution in [2.45, 2.75) is 25.8 Å². The fourth-order valence-electron chi connectivity index (χ4n) is 2.53. The molecule has 0 aromatic heterocycles. The summed E-state index contributed by atoms with van der Waals surface area (Å²) >= 11 is 0. The molecule has 0 saturated carbocycles. The maximum atomic E-state index is 11.6. The van der Waals surface area contributed by atoms with Crippen LogP contribution in [0.1, 0.15) is 30.1 Å². The van der Waals surface area contributed by atoms with E-state index in [1.54, 1.807) is 19.1 Å². The van der Waals surface area contributed by atoms with E-state index < -0.39 is 0 Å². The van der Waals surface area contributed by atoms with Crippen molar-refractivity contribution >= 4 is 17.3 Å². The van der Waals surface area contributed by atoms with Gasteiger partial charge in [-0.05, 0) is 51.6 Å². The van der Waals surface area contributed by atoms with Gasteiger partial charge in [0.15, 0.2) is 0 Å². The summed E-state index contributed by atoms with van der Waals surface area (Å²) in [5, 5.41) is 3.36. The van der Waals surface area contributed by atoms with Crippen LogP contribution in [0.3, 0.4) is 0 Å². The van der Waals surface area contributed by atoms with Gasteiger partial charge < -0.3 is 20.7 Å². The largest absolute Gasteiger partial charge is 0.462 e. The molecule has 0 aliphatic carbocycles. The van der Waals surface area contributed by atoms with Gasteiger partial charge in [0.25, 0.3) is 0 Å². The molecule has 20 heavy (non-hydrogen) atoms. The number of carbonyl (C=O) groups excluding carboxylic acids is 1. The SMILES string of the molecule is CCOC(=O)c1ccc(NCC2CCCN2C)c(N)c1. The smallest absolute Gasteiger partial charge is 0.338 e. The van der Waals surface area contributed by atoms with E-state index in [1.165, 1.54) is 12.8 Å². The number of nitrogens with zero attached hydrogens (tertiary/aromatic N) is 1. The lowest BCUT2D eigenvalue weighted by Crippen LogP contribution is -2.31. The molecule has 1 saturated heterocycles. The normalized spacial score (nSPS) is 19.0. The van der Waals surface area contributed by atoms with E-state index in [-0.39, 0.29) is 5.97 Å². The quantitative estimate of drug-likeness (QED) is 0.636. The zero-order valence-electron chi connectivity index (χ0n) is 12.2. The highest BCUT2D eigenvalue weighted by Gasteiger charge is 2.20. The number of nitrogen functional groups attached to an aromatic ring is 1. The van der Waals surface area contributed by atoms with Crippen molar-refractivity contribution < 1.29 is 9.53 Å². The van der Waals surface area contributed by atoms with E-state index in [4.69, 9.17) is 10.5 Å². The average Bonchev–Trinajstić information content (AvgIpc) is 2.83. The Labute approximate surface area is 120 Å². The Morgan fingerprint density at radius 2 is 2.35 bits per heavy atom. The van der Waals surface area contributed by atoms with Crippen molar-refractivity contribution in [3.63, 3.8) is 0 Å². The second kappa shape index (κ2) is 6.61. The number of benzene rings is 1. The lowest BCUT2D eigenvalue weighted by atomic mass is 10.1. The van der Waals surface area contributed by atoms with Crippen molar-refractivity contribution in [1.82, 2.24) is 4.90 Å². The van der Waals surface area contributed by atoms with Gasteiger partial charge in [-0.25, -0.2) is 4.79 Å². The maximum Gasteiger partial charge on any atom is 0.338 e. The highest BCUT2D eigenvalue weighted by molar-refractivity contribution is 5.91. The molecule has 0 spiro atoms. The van der Waals surface area contributed by atoms with Crippen LogP contribution in [0.4, 0.5) is 11.4 Å². The van der Waals surface area contributed by atoms with Crippen molar-refractivity contribution in [3.05, 3.63) is 23.8 Å². The third kappa shape index (κ3) is 3.42. The molecule has 1 aromatic rings. The Balaban J connectivity index is 1.97. The van der Waals surface area contributed by atoms with Gasteiger partial charge in [0.05, 0.1) is 23.5 Å². The number of ether oxygens (including phenoxy) is 1. The number of anilines is 2. The Morgan fingerprint density at radius 3 is 2.95 bits per heavy atom. The third-order valence-corrected chi connectivity index (χ3v) is 3.76. The molecular weight excluding hydrogens is 254 g/mol. The Bertz CT molecular complexity index is 476. The lowest BCUT2D eigenvalue weighted by molar-refractivity contribution is 0.0526. The molecule has 2 rings (SSSR count). The van der Waals surface area contributed by atoms with E-state index >= 15 is 0 Å². The summed E-state index contributed by atoms with van der Waals surface area (Å²) < 4.78 is 4.96. The minimum Gasteiger partial charge on any atom is -0.462 e. The van der Waals surface area contributed by atoms with Crippen LogP contribution in [0.5, 0.6) is 0 Å². The number of rotatable bonds is 5. The first-order chi connectivity index (χ1) is 9.61. The summed E-state index contributed by atoms with van der Waals surface area (Å²) in [5.41, 5.74) is 7.94. The molecule has 0 bridgehead atoms. The number of likely N-dealkylation sites (tertiary alicyclic amines) is 1. The fourth-order valence-corrected chi connectivity index (χ4v) is 2.53. The van der Waals surface area contributed by atoms with E-state index in [2.05, 4.69) is 17.3 Å². The first kappa shape index (κ1) is 14.7. The lowest BCUT2D eigenvalue weighted by Gasteiger charge is -2.21. The van der Waals surface area contributed by atoms with Crippen LogP contribution >= 0.6 is 0 Å². The maximum absolute atomic E-state index is 11.6. The molecule has 3 N–H and O–H groups in total. The predicted octanol–water partition coefficient (Wildman–Crippen LogP) is 1.95. The minimum atomic E-state index is -0.332. The third-order valence-electron chi connectivity index (χ3n) is 3.76. The molecule has 5 nitrogen and oxygen atoms in total. The number of hydrogen-bond donors (Lipinski definition) is 2. The molecule has 1 atom stereocenters.